The second-order valence-corrected chi connectivity index (χ2v) is 6.36. The van der Waals surface area contributed by atoms with E-state index in [-0.39, 0.29) is 11.8 Å². The number of fused-ring (bicyclic) bond motifs is 1. The van der Waals surface area contributed by atoms with Crippen LogP contribution >= 0.6 is 0 Å². The van der Waals surface area contributed by atoms with Gasteiger partial charge in [-0.05, 0) is 35.7 Å². The van der Waals surface area contributed by atoms with Gasteiger partial charge >= 0.3 is 0 Å². The van der Waals surface area contributed by atoms with Crippen molar-refractivity contribution in [3.8, 4) is 5.75 Å². The van der Waals surface area contributed by atoms with Gasteiger partial charge in [-0.3, -0.25) is 14.5 Å². The van der Waals surface area contributed by atoms with E-state index in [0.29, 0.717) is 25.8 Å². The first-order valence-electron chi connectivity index (χ1n) is 8.94. The van der Waals surface area contributed by atoms with Gasteiger partial charge in [0, 0.05) is 25.1 Å². The number of hydrogen-bond donors (Lipinski definition) is 1. The molecule has 3 rings (SSSR count). The number of hydrogen-bond acceptors (Lipinski definition) is 3. The van der Waals surface area contributed by atoms with Crippen molar-refractivity contribution < 1.29 is 14.3 Å². The zero-order chi connectivity index (χ0) is 18.5. The predicted octanol–water partition coefficient (Wildman–Crippen LogP) is 2.72. The van der Waals surface area contributed by atoms with E-state index in [1.807, 2.05) is 55.5 Å². The van der Waals surface area contributed by atoms with Crippen LogP contribution in [-0.4, -0.2) is 31.5 Å². The van der Waals surface area contributed by atoms with E-state index in [1.165, 1.54) is 0 Å². The van der Waals surface area contributed by atoms with Crippen LogP contribution in [0.2, 0.25) is 0 Å². The van der Waals surface area contributed by atoms with Crippen molar-refractivity contribution in [1.82, 2.24) is 5.32 Å². The monoisotopic (exact) mass is 352 g/mol. The van der Waals surface area contributed by atoms with Crippen LogP contribution in [-0.2, 0) is 22.4 Å². The predicted molar refractivity (Wildman–Crippen MR) is 101 cm³/mol. The standard InChI is InChI=1S/C21H24N2O3/c1-3-20(24)23-18-10-5-4-8-16(18)14-19(23)21(25)22-12-11-15-7-6-9-17(13-15)26-2/h4-10,13,19H,3,11-12,14H2,1-2H3,(H,22,25)/t19-/m0/s1. The molecule has 1 atom stereocenters. The molecule has 0 bridgehead atoms. The maximum absolute atomic E-state index is 12.7. The summed E-state index contributed by atoms with van der Waals surface area (Å²) in [5.74, 6) is 0.675. The van der Waals surface area contributed by atoms with Crippen LogP contribution < -0.4 is 15.0 Å². The Bertz CT molecular complexity index is 803. The van der Waals surface area contributed by atoms with E-state index in [2.05, 4.69) is 5.32 Å². The maximum atomic E-state index is 12.7. The number of anilines is 1. The maximum Gasteiger partial charge on any atom is 0.243 e. The molecule has 0 saturated heterocycles. The molecule has 0 spiro atoms. The summed E-state index contributed by atoms with van der Waals surface area (Å²) in [6.45, 7) is 2.34. The third-order valence-corrected chi connectivity index (χ3v) is 4.70. The first-order chi connectivity index (χ1) is 12.6. The summed E-state index contributed by atoms with van der Waals surface area (Å²) in [5.41, 5.74) is 3.00. The average molecular weight is 352 g/mol. The van der Waals surface area contributed by atoms with Gasteiger partial charge in [0.2, 0.25) is 11.8 Å². The molecule has 5 heteroatoms. The molecule has 1 N–H and O–H groups in total. The highest BCUT2D eigenvalue weighted by atomic mass is 16.5. The summed E-state index contributed by atoms with van der Waals surface area (Å²) in [5, 5.41) is 2.98. The third-order valence-electron chi connectivity index (χ3n) is 4.70. The highest BCUT2D eigenvalue weighted by Crippen LogP contribution is 2.32. The molecule has 0 unspecified atom stereocenters. The Balaban J connectivity index is 1.64. The second-order valence-electron chi connectivity index (χ2n) is 6.36. The van der Waals surface area contributed by atoms with Crippen LogP contribution in [0.5, 0.6) is 5.75 Å². The number of rotatable bonds is 6. The fourth-order valence-corrected chi connectivity index (χ4v) is 3.35. The minimum Gasteiger partial charge on any atom is -0.497 e. The third kappa shape index (κ3) is 3.72. The number of carbonyl (C=O) groups is 2. The molecule has 0 radical (unpaired) electrons. The van der Waals surface area contributed by atoms with E-state index < -0.39 is 6.04 Å². The smallest absolute Gasteiger partial charge is 0.243 e. The van der Waals surface area contributed by atoms with Crippen molar-refractivity contribution in [3.63, 3.8) is 0 Å². The normalized spacial score (nSPS) is 15.5. The Labute approximate surface area is 154 Å². The largest absolute Gasteiger partial charge is 0.497 e. The fourth-order valence-electron chi connectivity index (χ4n) is 3.35. The Morgan fingerprint density at radius 1 is 1.19 bits per heavy atom. The summed E-state index contributed by atoms with van der Waals surface area (Å²) in [7, 11) is 1.64. The molecule has 0 saturated carbocycles. The second kappa shape index (κ2) is 8.04. The van der Waals surface area contributed by atoms with E-state index in [1.54, 1.807) is 12.0 Å². The van der Waals surface area contributed by atoms with Gasteiger partial charge in [-0.25, -0.2) is 0 Å². The summed E-state index contributed by atoms with van der Waals surface area (Å²) in [4.78, 5) is 26.8. The Hall–Kier alpha value is -2.82. The number of nitrogens with one attached hydrogen (secondary N) is 1. The molecule has 0 aromatic heterocycles. The summed E-state index contributed by atoms with van der Waals surface area (Å²) in [6.07, 6.45) is 1.65. The van der Waals surface area contributed by atoms with Crippen LogP contribution in [0.25, 0.3) is 0 Å². The molecular formula is C21H24N2O3. The van der Waals surface area contributed by atoms with Crippen molar-refractivity contribution >= 4 is 17.5 Å². The molecule has 2 aromatic carbocycles. The fraction of sp³-hybridized carbons (Fsp3) is 0.333. The molecule has 1 aliphatic rings. The van der Waals surface area contributed by atoms with Gasteiger partial charge in [0.15, 0.2) is 0 Å². The van der Waals surface area contributed by atoms with E-state index in [4.69, 9.17) is 4.74 Å². The first-order valence-corrected chi connectivity index (χ1v) is 8.94. The van der Waals surface area contributed by atoms with Crippen molar-refractivity contribution in [2.45, 2.75) is 32.2 Å². The van der Waals surface area contributed by atoms with Gasteiger partial charge in [-0.15, -0.1) is 0 Å². The SMILES string of the molecule is CCC(=O)N1c2ccccc2C[C@H]1C(=O)NCCc1cccc(OC)c1. The molecule has 5 nitrogen and oxygen atoms in total. The van der Waals surface area contributed by atoms with Crippen molar-refractivity contribution in [2.75, 3.05) is 18.6 Å². The lowest BCUT2D eigenvalue weighted by Gasteiger charge is -2.24. The number of amides is 2. The van der Waals surface area contributed by atoms with Crippen molar-refractivity contribution in [3.05, 3.63) is 59.7 Å². The molecule has 1 aliphatic heterocycles. The van der Waals surface area contributed by atoms with Crippen LogP contribution in [0.3, 0.4) is 0 Å². The highest BCUT2D eigenvalue weighted by molar-refractivity contribution is 6.03. The number of nitrogens with zero attached hydrogens (tertiary/aromatic N) is 1. The topological polar surface area (TPSA) is 58.6 Å². The average Bonchev–Trinajstić information content (AvgIpc) is 3.07. The number of ether oxygens (including phenoxy) is 1. The molecule has 2 amide bonds. The molecular weight excluding hydrogens is 328 g/mol. The lowest BCUT2D eigenvalue weighted by atomic mass is 10.1. The van der Waals surface area contributed by atoms with E-state index >= 15 is 0 Å². The zero-order valence-corrected chi connectivity index (χ0v) is 15.2. The quantitative estimate of drug-likeness (QED) is 0.870. The summed E-state index contributed by atoms with van der Waals surface area (Å²) >= 11 is 0. The van der Waals surface area contributed by atoms with Gasteiger partial charge in [0.1, 0.15) is 11.8 Å². The van der Waals surface area contributed by atoms with Crippen molar-refractivity contribution in [2.24, 2.45) is 0 Å². The van der Waals surface area contributed by atoms with Crippen LogP contribution in [0.15, 0.2) is 48.5 Å². The Kier molecular flexibility index (Phi) is 5.56. The lowest BCUT2D eigenvalue weighted by molar-refractivity contribution is -0.126. The van der Waals surface area contributed by atoms with Crippen LogP contribution in [0.4, 0.5) is 5.69 Å². The number of carbonyl (C=O) groups excluding carboxylic acids is 2. The molecule has 0 aliphatic carbocycles. The van der Waals surface area contributed by atoms with Gasteiger partial charge < -0.3 is 10.1 Å². The Morgan fingerprint density at radius 3 is 2.77 bits per heavy atom. The Morgan fingerprint density at radius 2 is 2.00 bits per heavy atom. The van der Waals surface area contributed by atoms with Gasteiger partial charge in [0.25, 0.3) is 0 Å². The minimum absolute atomic E-state index is 0.0251. The first kappa shape index (κ1) is 18.0. The number of para-hydroxylation sites is 1. The van der Waals surface area contributed by atoms with Gasteiger partial charge in [0.05, 0.1) is 7.11 Å². The van der Waals surface area contributed by atoms with E-state index in [0.717, 1.165) is 22.6 Å². The van der Waals surface area contributed by atoms with Crippen molar-refractivity contribution in [1.29, 1.82) is 0 Å². The van der Waals surface area contributed by atoms with Crippen LogP contribution in [0, 0.1) is 0 Å². The van der Waals surface area contributed by atoms with Crippen LogP contribution in [0.1, 0.15) is 24.5 Å². The summed E-state index contributed by atoms with van der Waals surface area (Å²) in [6, 6.07) is 15.1. The molecule has 26 heavy (non-hydrogen) atoms. The van der Waals surface area contributed by atoms with E-state index in [9.17, 15) is 9.59 Å². The minimum atomic E-state index is -0.467. The lowest BCUT2D eigenvalue weighted by Crippen LogP contribution is -2.48. The summed E-state index contributed by atoms with van der Waals surface area (Å²) < 4.78 is 5.22. The number of methoxy groups -OCH3 is 1. The molecule has 1 heterocycles. The zero-order valence-electron chi connectivity index (χ0n) is 15.2. The van der Waals surface area contributed by atoms with Gasteiger partial charge in [-0.1, -0.05) is 37.3 Å². The highest BCUT2D eigenvalue weighted by Gasteiger charge is 2.37. The molecule has 0 fully saturated rings. The van der Waals surface area contributed by atoms with Gasteiger partial charge in [-0.2, -0.15) is 0 Å². The number of benzene rings is 2. The molecule has 136 valence electrons. The molecule has 2 aromatic rings.